The summed E-state index contributed by atoms with van der Waals surface area (Å²) in [5, 5.41) is 1.99. The Hall–Kier alpha value is -0.106. The first kappa shape index (κ1) is 27.1. The number of hydrogen-bond donors (Lipinski definition) is 0. The lowest BCUT2D eigenvalue weighted by atomic mass is 9.72. The van der Waals surface area contributed by atoms with Crippen molar-refractivity contribution >= 4 is 39.8 Å². The first-order valence-corrected chi connectivity index (χ1v) is 19.2. The lowest BCUT2D eigenvalue weighted by Crippen LogP contribution is -2.26. The Kier molecular flexibility index (Phi) is 9.53. The van der Waals surface area contributed by atoms with Crippen molar-refractivity contribution in [3.63, 3.8) is 0 Å². The molecule has 0 radical (unpaired) electrons. The fraction of sp³-hybridized carbons (Fsp3) is 0.680. The maximum Gasteiger partial charge on any atom is 0.183 e. The normalized spacial score (nSPS) is 18.3. The minimum absolute atomic E-state index is 0.1000. The van der Waals surface area contributed by atoms with E-state index in [1.54, 1.807) is 0 Å². The second-order valence-electron chi connectivity index (χ2n) is 11.2. The highest BCUT2D eigenvalue weighted by Crippen LogP contribution is 2.51. The predicted octanol–water partition coefficient (Wildman–Crippen LogP) is 8.92. The first-order chi connectivity index (χ1) is 14.2. The molecule has 2 aliphatic rings. The molecular formula is C25H42Cl2O2Si2. The molecule has 0 saturated carbocycles. The van der Waals surface area contributed by atoms with Crippen molar-refractivity contribution in [2.24, 2.45) is 5.41 Å². The zero-order chi connectivity index (χ0) is 23.4. The van der Waals surface area contributed by atoms with Crippen molar-refractivity contribution in [3.8, 4) is 0 Å². The Bertz CT molecular complexity index is 714. The third-order valence-electron chi connectivity index (χ3n) is 5.84. The van der Waals surface area contributed by atoms with Crippen molar-refractivity contribution in [1.29, 1.82) is 0 Å². The van der Waals surface area contributed by atoms with Crippen LogP contribution in [0.25, 0.3) is 0 Å². The van der Waals surface area contributed by atoms with Crippen molar-refractivity contribution in [2.45, 2.75) is 91.7 Å². The Morgan fingerprint density at radius 2 is 1.10 bits per heavy atom. The number of allylic oxidation sites excluding steroid dienone is 8. The lowest BCUT2D eigenvalue weighted by Gasteiger charge is -2.32. The van der Waals surface area contributed by atoms with Crippen LogP contribution in [0.5, 0.6) is 0 Å². The SMILES string of the molecule is CC(C)(C1=CCC(Cl)=C1CCCO[Si](C)(C)C)C1=CCC(Cl)=C1CCCO[Si](C)(C)C. The second kappa shape index (κ2) is 10.9. The Labute approximate surface area is 203 Å². The van der Waals surface area contributed by atoms with E-state index in [2.05, 4.69) is 65.3 Å². The van der Waals surface area contributed by atoms with Crippen LogP contribution in [0, 0.1) is 5.41 Å². The fourth-order valence-electron chi connectivity index (χ4n) is 4.37. The topological polar surface area (TPSA) is 18.5 Å². The van der Waals surface area contributed by atoms with Gasteiger partial charge in [-0.2, -0.15) is 0 Å². The molecule has 2 rings (SSSR count). The molecule has 0 aromatic heterocycles. The molecule has 0 heterocycles. The molecule has 2 nitrogen and oxygen atoms in total. The molecular weight excluding hydrogens is 459 g/mol. The standard InChI is InChI=1S/C25H42Cl2O2Si2/c1-25(2,21-13-15-23(26)19(21)11-9-17-28-30(3,4)5)22-14-16-24(27)20(22)12-10-18-29-31(6,7)8/h13-14H,9-12,15-18H2,1-8H3. The maximum atomic E-state index is 6.69. The monoisotopic (exact) mass is 500 g/mol. The van der Waals surface area contributed by atoms with Gasteiger partial charge < -0.3 is 8.85 Å². The molecule has 0 atom stereocenters. The van der Waals surface area contributed by atoms with E-state index in [-0.39, 0.29) is 5.41 Å². The minimum atomic E-state index is -1.47. The third-order valence-corrected chi connectivity index (χ3v) is 8.74. The summed E-state index contributed by atoms with van der Waals surface area (Å²) in [6, 6.07) is 0. The summed E-state index contributed by atoms with van der Waals surface area (Å²) in [7, 11) is -2.94. The largest absolute Gasteiger partial charge is 0.418 e. The van der Waals surface area contributed by atoms with Crippen LogP contribution in [0.15, 0.2) is 44.5 Å². The van der Waals surface area contributed by atoms with Crippen molar-refractivity contribution in [1.82, 2.24) is 0 Å². The minimum Gasteiger partial charge on any atom is -0.418 e. The van der Waals surface area contributed by atoms with Crippen molar-refractivity contribution in [2.75, 3.05) is 13.2 Å². The summed E-state index contributed by atoms with van der Waals surface area (Å²) in [5.41, 5.74) is 5.28. The summed E-state index contributed by atoms with van der Waals surface area (Å²) in [5.74, 6) is 0. The van der Waals surface area contributed by atoms with Gasteiger partial charge in [-0.05, 0) is 87.3 Å². The highest BCUT2D eigenvalue weighted by molar-refractivity contribution is 6.70. The highest BCUT2D eigenvalue weighted by Gasteiger charge is 2.36. The lowest BCUT2D eigenvalue weighted by molar-refractivity contribution is 0.304. The summed E-state index contributed by atoms with van der Waals surface area (Å²) in [6.07, 6.45) is 10.3. The van der Waals surface area contributed by atoms with Crippen LogP contribution in [0.4, 0.5) is 0 Å². The van der Waals surface area contributed by atoms with Gasteiger partial charge in [0.15, 0.2) is 16.6 Å². The van der Waals surface area contributed by atoms with Gasteiger partial charge in [0.1, 0.15) is 0 Å². The van der Waals surface area contributed by atoms with E-state index in [1.807, 2.05) is 0 Å². The molecule has 31 heavy (non-hydrogen) atoms. The molecule has 0 amide bonds. The van der Waals surface area contributed by atoms with Crippen LogP contribution in [0.3, 0.4) is 0 Å². The van der Waals surface area contributed by atoms with Crippen LogP contribution in [0.2, 0.25) is 39.3 Å². The van der Waals surface area contributed by atoms with Gasteiger partial charge in [0.25, 0.3) is 0 Å². The molecule has 0 saturated heterocycles. The van der Waals surface area contributed by atoms with Crippen LogP contribution in [-0.2, 0) is 8.85 Å². The molecule has 0 aromatic rings. The average molecular weight is 502 g/mol. The summed E-state index contributed by atoms with van der Waals surface area (Å²) in [6.45, 7) is 19.7. The highest BCUT2D eigenvalue weighted by atomic mass is 35.5. The molecule has 176 valence electrons. The predicted molar refractivity (Wildman–Crippen MR) is 142 cm³/mol. The zero-order valence-corrected chi connectivity index (χ0v) is 24.4. The van der Waals surface area contributed by atoms with Gasteiger partial charge in [0.05, 0.1) is 0 Å². The van der Waals surface area contributed by atoms with E-state index in [9.17, 15) is 0 Å². The molecule has 6 heteroatoms. The Morgan fingerprint density at radius 3 is 1.42 bits per heavy atom. The van der Waals surface area contributed by atoms with Gasteiger partial charge in [-0.15, -0.1) is 0 Å². The van der Waals surface area contributed by atoms with E-state index in [0.29, 0.717) is 0 Å². The summed E-state index contributed by atoms with van der Waals surface area (Å²) in [4.78, 5) is 0. The third kappa shape index (κ3) is 8.01. The van der Waals surface area contributed by atoms with Crippen molar-refractivity contribution in [3.05, 3.63) is 44.5 Å². The smallest absolute Gasteiger partial charge is 0.183 e. The molecule has 0 aromatic carbocycles. The van der Waals surface area contributed by atoms with E-state index < -0.39 is 16.6 Å². The van der Waals surface area contributed by atoms with E-state index in [1.165, 1.54) is 22.3 Å². The van der Waals surface area contributed by atoms with Crippen LogP contribution >= 0.6 is 23.2 Å². The number of hydrogen-bond acceptors (Lipinski definition) is 2. The van der Waals surface area contributed by atoms with Crippen LogP contribution in [-0.4, -0.2) is 29.8 Å². The van der Waals surface area contributed by atoms with Crippen LogP contribution in [0.1, 0.15) is 52.4 Å². The van der Waals surface area contributed by atoms with Gasteiger partial charge in [-0.25, -0.2) is 0 Å². The molecule has 0 bridgehead atoms. The first-order valence-electron chi connectivity index (χ1n) is 11.7. The fourth-order valence-corrected chi connectivity index (χ4v) is 6.43. The summed E-state index contributed by atoms with van der Waals surface area (Å²) >= 11 is 13.4. The van der Waals surface area contributed by atoms with Crippen LogP contribution < -0.4 is 0 Å². The zero-order valence-electron chi connectivity index (χ0n) is 20.9. The van der Waals surface area contributed by atoms with Crippen molar-refractivity contribution < 1.29 is 8.85 Å². The van der Waals surface area contributed by atoms with Gasteiger partial charge in [-0.3, -0.25) is 0 Å². The van der Waals surface area contributed by atoms with Gasteiger partial charge in [0.2, 0.25) is 0 Å². The van der Waals surface area contributed by atoms with Gasteiger partial charge in [0, 0.05) is 41.5 Å². The Morgan fingerprint density at radius 1 is 0.742 bits per heavy atom. The molecule has 0 N–H and O–H groups in total. The Balaban J connectivity index is 2.06. The van der Waals surface area contributed by atoms with E-state index in [0.717, 1.165) is 61.8 Å². The second-order valence-corrected chi connectivity index (χ2v) is 21.1. The molecule has 0 spiro atoms. The molecule has 0 unspecified atom stereocenters. The molecule has 2 aliphatic carbocycles. The van der Waals surface area contributed by atoms with E-state index in [4.69, 9.17) is 32.1 Å². The average Bonchev–Trinajstić information content (AvgIpc) is 3.18. The quantitative estimate of drug-likeness (QED) is 0.196. The molecule has 0 aliphatic heterocycles. The number of halogens is 2. The maximum absolute atomic E-state index is 6.69. The van der Waals surface area contributed by atoms with E-state index >= 15 is 0 Å². The summed E-state index contributed by atoms with van der Waals surface area (Å²) < 4.78 is 12.1. The van der Waals surface area contributed by atoms with Gasteiger partial charge >= 0.3 is 0 Å². The number of rotatable bonds is 12. The van der Waals surface area contributed by atoms with Gasteiger partial charge in [-0.1, -0.05) is 49.2 Å². The molecule has 0 fully saturated rings.